The highest BCUT2D eigenvalue weighted by atomic mass is 16.3. The van der Waals surface area contributed by atoms with Crippen LogP contribution in [0, 0.1) is 5.92 Å². The van der Waals surface area contributed by atoms with Crippen LogP contribution in [-0.2, 0) is 24.4 Å². The van der Waals surface area contributed by atoms with E-state index in [0.29, 0.717) is 18.9 Å². The van der Waals surface area contributed by atoms with Gasteiger partial charge in [0.1, 0.15) is 11.9 Å². The van der Waals surface area contributed by atoms with Crippen molar-refractivity contribution in [1.82, 2.24) is 20.0 Å². The van der Waals surface area contributed by atoms with Crippen molar-refractivity contribution in [3.63, 3.8) is 0 Å². The first-order valence-electron chi connectivity index (χ1n) is 9.45. The van der Waals surface area contributed by atoms with E-state index >= 15 is 0 Å². The van der Waals surface area contributed by atoms with Gasteiger partial charge >= 0.3 is 0 Å². The predicted octanol–water partition coefficient (Wildman–Crippen LogP) is 1.83. The first-order valence-corrected chi connectivity index (χ1v) is 9.45. The fourth-order valence-corrected chi connectivity index (χ4v) is 3.49. The largest absolute Gasteiger partial charge is 0.467 e. The van der Waals surface area contributed by atoms with Crippen LogP contribution in [0.5, 0.6) is 0 Å². The molecule has 7 heteroatoms. The number of aromatic nitrogens is 2. The van der Waals surface area contributed by atoms with Crippen molar-refractivity contribution in [3.8, 4) is 0 Å². The van der Waals surface area contributed by atoms with E-state index < -0.39 is 6.10 Å². The van der Waals surface area contributed by atoms with Gasteiger partial charge in [-0.3, -0.25) is 14.4 Å². The Labute approximate surface area is 153 Å². The number of fused-ring (bicyclic) bond motifs is 1. The van der Waals surface area contributed by atoms with Crippen LogP contribution < -0.4 is 5.32 Å². The first-order chi connectivity index (χ1) is 12.7. The Bertz CT molecular complexity index is 736. The van der Waals surface area contributed by atoms with Gasteiger partial charge in [-0.1, -0.05) is 0 Å². The summed E-state index contributed by atoms with van der Waals surface area (Å²) in [7, 11) is 0. The molecule has 2 aliphatic rings. The summed E-state index contributed by atoms with van der Waals surface area (Å²) in [6.07, 6.45) is 4.85. The summed E-state index contributed by atoms with van der Waals surface area (Å²) >= 11 is 0. The van der Waals surface area contributed by atoms with Crippen LogP contribution in [0.1, 0.15) is 48.9 Å². The van der Waals surface area contributed by atoms with Crippen LogP contribution >= 0.6 is 0 Å². The fourth-order valence-electron chi connectivity index (χ4n) is 3.49. The molecule has 0 spiro atoms. The molecule has 0 saturated heterocycles. The van der Waals surface area contributed by atoms with E-state index in [1.54, 1.807) is 6.26 Å². The third-order valence-corrected chi connectivity index (χ3v) is 5.18. The van der Waals surface area contributed by atoms with E-state index in [9.17, 15) is 9.90 Å². The highest BCUT2D eigenvalue weighted by molar-refractivity contribution is 5.75. The zero-order valence-electron chi connectivity index (χ0n) is 14.9. The number of carbonyl (C=O) groups is 1. The number of hydrogen-bond acceptors (Lipinski definition) is 5. The Balaban J connectivity index is 1.28. The van der Waals surface area contributed by atoms with Crippen molar-refractivity contribution in [2.45, 2.75) is 51.4 Å². The summed E-state index contributed by atoms with van der Waals surface area (Å²) in [5.74, 6) is 1.19. The molecule has 7 nitrogen and oxygen atoms in total. The number of hydrogen-bond donors (Lipinski definition) is 2. The Morgan fingerprint density at radius 3 is 3.08 bits per heavy atom. The third-order valence-electron chi connectivity index (χ3n) is 5.18. The van der Waals surface area contributed by atoms with E-state index in [4.69, 9.17) is 4.42 Å². The Kier molecular flexibility index (Phi) is 5.08. The van der Waals surface area contributed by atoms with Crippen molar-refractivity contribution in [2.24, 2.45) is 5.92 Å². The van der Waals surface area contributed by atoms with Crippen LogP contribution in [0.25, 0.3) is 0 Å². The second-order valence-corrected chi connectivity index (χ2v) is 7.30. The van der Waals surface area contributed by atoms with Gasteiger partial charge in [-0.2, -0.15) is 5.10 Å². The van der Waals surface area contributed by atoms with Crippen LogP contribution in [0.15, 0.2) is 28.9 Å². The second kappa shape index (κ2) is 7.63. The van der Waals surface area contributed by atoms with Gasteiger partial charge in [0.15, 0.2) is 0 Å². The predicted molar refractivity (Wildman–Crippen MR) is 95.0 cm³/mol. The monoisotopic (exact) mass is 358 g/mol. The molecule has 2 aromatic rings. The van der Waals surface area contributed by atoms with E-state index in [1.165, 1.54) is 0 Å². The van der Waals surface area contributed by atoms with Crippen LogP contribution in [0.3, 0.4) is 0 Å². The topological polar surface area (TPSA) is 83.5 Å². The van der Waals surface area contributed by atoms with Gasteiger partial charge in [0, 0.05) is 32.6 Å². The maximum atomic E-state index is 12.1. The van der Waals surface area contributed by atoms with Gasteiger partial charge in [-0.05, 0) is 43.4 Å². The number of aliphatic hydroxyl groups excluding tert-OH is 1. The maximum absolute atomic E-state index is 12.1. The summed E-state index contributed by atoms with van der Waals surface area (Å²) in [5.41, 5.74) is 1.94. The molecule has 0 aromatic carbocycles. The molecule has 1 aliphatic heterocycles. The molecule has 1 amide bonds. The SMILES string of the molecule is O=C(CCN1CCCn2nc([C@@H](O)C3CC3)cc2C1)NCc1ccco1. The van der Waals surface area contributed by atoms with Gasteiger partial charge in [-0.15, -0.1) is 0 Å². The number of nitrogens with one attached hydrogen (secondary N) is 1. The number of furan rings is 1. The van der Waals surface area contributed by atoms with Crippen molar-refractivity contribution in [1.29, 1.82) is 0 Å². The summed E-state index contributed by atoms with van der Waals surface area (Å²) < 4.78 is 7.25. The molecule has 1 aliphatic carbocycles. The average molecular weight is 358 g/mol. The lowest BCUT2D eigenvalue weighted by molar-refractivity contribution is -0.121. The van der Waals surface area contributed by atoms with E-state index in [-0.39, 0.29) is 5.91 Å². The molecule has 1 saturated carbocycles. The number of nitrogens with zero attached hydrogens (tertiary/aromatic N) is 3. The molecule has 26 heavy (non-hydrogen) atoms. The third kappa shape index (κ3) is 4.16. The van der Waals surface area contributed by atoms with Crippen molar-refractivity contribution >= 4 is 5.91 Å². The lowest BCUT2D eigenvalue weighted by atomic mass is 10.1. The molecule has 4 rings (SSSR count). The highest BCUT2D eigenvalue weighted by Gasteiger charge is 2.33. The smallest absolute Gasteiger partial charge is 0.221 e. The summed E-state index contributed by atoms with van der Waals surface area (Å²) in [4.78, 5) is 14.3. The minimum absolute atomic E-state index is 0.0315. The van der Waals surface area contributed by atoms with Gasteiger partial charge in [0.25, 0.3) is 0 Å². The van der Waals surface area contributed by atoms with E-state index in [1.807, 2.05) is 22.9 Å². The van der Waals surface area contributed by atoms with Crippen LogP contribution in [0.4, 0.5) is 0 Å². The molecule has 1 atom stereocenters. The zero-order chi connectivity index (χ0) is 17.9. The summed E-state index contributed by atoms with van der Waals surface area (Å²) in [5, 5.41) is 17.8. The minimum Gasteiger partial charge on any atom is -0.467 e. The Morgan fingerprint density at radius 1 is 1.42 bits per heavy atom. The molecule has 0 radical (unpaired) electrons. The Hall–Kier alpha value is -2.12. The average Bonchev–Trinajstić information content (AvgIpc) is 3.28. The molecule has 2 aromatic heterocycles. The van der Waals surface area contributed by atoms with Gasteiger partial charge in [-0.25, -0.2) is 0 Å². The second-order valence-electron chi connectivity index (χ2n) is 7.30. The number of amides is 1. The molecule has 3 heterocycles. The lowest BCUT2D eigenvalue weighted by Crippen LogP contribution is -2.30. The fraction of sp³-hybridized carbons (Fsp3) is 0.579. The first kappa shape index (κ1) is 17.3. The molecule has 0 unspecified atom stereocenters. The standard InChI is InChI=1S/C19H26N4O3/c24-18(20-12-16-3-1-10-26-16)6-9-22-7-2-8-23-15(13-22)11-17(21-23)19(25)14-4-5-14/h1,3,10-11,14,19,25H,2,4-9,12-13H2,(H,20,24)/t19-/m0/s1. The number of carbonyl (C=O) groups excluding carboxylic acids is 1. The van der Waals surface area contributed by atoms with E-state index in [0.717, 1.165) is 62.6 Å². The van der Waals surface area contributed by atoms with Crippen molar-refractivity contribution < 1.29 is 14.3 Å². The number of rotatable bonds is 7. The molecule has 0 bridgehead atoms. The number of aryl methyl sites for hydroxylation is 1. The van der Waals surface area contributed by atoms with Crippen molar-refractivity contribution in [2.75, 3.05) is 13.1 Å². The molecular weight excluding hydrogens is 332 g/mol. The van der Waals surface area contributed by atoms with Gasteiger partial charge in [0.2, 0.25) is 5.91 Å². The summed E-state index contributed by atoms with van der Waals surface area (Å²) in [6.45, 7) is 3.75. The quantitative estimate of drug-likeness (QED) is 0.789. The van der Waals surface area contributed by atoms with Gasteiger partial charge in [0.05, 0.1) is 24.2 Å². The highest BCUT2D eigenvalue weighted by Crippen LogP contribution is 2.40. The number of aliphatic hydroxyl groups is 1. The van der Waals surface area contributed by atoms with Crippen molar-refractivity contribution in [3.05, 3.63) is 41.6 Å². The van der Waals surface area contributed by atoms with Crippen LogP contribution in [0.2, 0.25) is 0 Å². The van der Waals surface area contributed by atoms with E-state index in [2.05, 4.69) is 15.3 Å². The normalized spacial score (nSPS) is 19.0. The van der Waals surface area contributed by atoms with Gasteiger partial charge < -0.3 is 14.8 Å². The molecule has 140 valence electrons. The minimum atomic E-state index is -0.421. The Morgan fingerprint density at radius 2 is 2.31 bits per heavy atom. The maximum Gasteiger partial charge on any atom is 0.221 e. The molecule has 2 N–H and O–H groups in total. The lowest BCUT2D eigenvalue weighted by Gasteiger charge is -2.19. The summed E-state index contributed by atoms with van der Waals surface area (Å²) in [6, 6.07) is 5.71. The molecule has 1 fully saturated rings. The van der Waals surface area contributed by atoms with Crippen LogP contribution in [-0.4, -0.2) is 38.8 Å². The molecular formula is C19H26N4O3. The zero-order valence-corrected chi connectivity index (χ0v) is 14.9.